The van der Waals surface area contributed by atoms with Crippen LogP contribution in [0.2, 0.25) is 0 Å². The zero-order valence-corrected chi connectivity index (χ0v) is 13.6. The first-order valence-electron chi connectivity index (χ1n) is 8.07. The maximum Gasteiger partial charge on any atom is 0.0657 e. The van der Waals surface area contributed by atoms with Crippen molar-refractivity contribution in [3.05, 3.63) is 61.2 Å². The van der Waals surface area contributed by atoms with Gasteiger partial charge in [-0.05, 0) is 36.4 Å². The second-order valence-electron chi connectivity index (χ2n) is 5.82. The van der Waals surface area contributed by atoms with Gasteiger partial charge in [0.1, 0.15) is 0 Å². The quantitative estimate of drug-likeness (QED) is 0.401. The van der Waals surface area contributed by atoms with Crippen molar-refractivity contribution in [1.82, 2.24) is 40.8 Å². The Morgan fingerprint density at radius 3 is 0.885 bits per heavy atom. The Balaban J connectivity index is 1.84. The summed E-state index contributed by atoms with van der Waals surface area (Å²) in [6.45, 7) is 0. The van der Waals surface area contributed by atoms with Gasteiger partial charge in [0.2, 0.25) is 0 Å². The number of nitrogens with one attached hydrogen (secondary N) is 4. The fourth-order valence-corrected chi connectivity index (χ4v) is 3.11. The second-order valence-corrected chi connectivity index (χ2v) is 5.82. The van der Waals surface area contributed by atoms with Gasteiger partial charge in [0.05, 0.1) is 22.8 Å². The van der Waals surface area contributed by atoms with Crippen LogP contribution in [0.5, 0.6) is 0 Å². The highest BCUT2D eigenvalue weighted by atomic mass is 15.1. The average molecular weight is 342 g/mol. The molecule has 0 unspecified atom stereocenters. The molecule has 0 saturated heterocycles. The molecule has 8 nitrogen and oxygen atoms in total. The van der Waals surface area contributed by atoms with Gasteiger partial charge >= 0.3 is 0 Å². The average Bonchev–Trinajstić information content (AvgIpc) is 3.49. The summed E-state index contributed by atoms with van der Waals surface area (Å²) >= 11 is 0. The third kappa shape index (κ3) is 2.32. The molecule has 0 aliphatic heterocycles. The molecule has 8 heteroatoms. The molecule has 0 aliphatic carbocycles. The molecule has 0 spiro atoms. The van der Waals surface area contributed by atoms with Crippen LogP contribution in [0.3, 0.4) is 0 Å². The van der Waals surface area contributed by atoms with E-state index in [1.807, 2.05) is 24.3 Å². The largest absolute Gasteiger partial charge is 0.278 e. The Hall–Kier alpha value is -3.94. The highest BCUT2D eigenvalue weighted by molar-refractivity contribution is 5.92. The predicted octanol–water partition coefficient (Wildman–Crippen LogP) is 3.25. The topological polar surface area (TPSA) is 115 Å². The molecule has 4 aromatic heterocycles. The number of nitrogens with zero attached hydrogens (tertiary/aromatic N) is 4. The van der Waals surface area contributed by atoms with Crippen LogP contribution in [-0.2, 0) is 0 Å². The highest BCUT2D eigenvalue weighted by Gasteiger charge is 2.18. The Bertz CT molecular complexity index is 926. The zero-order valence-electron chi connectivity index (χ0n) is 13.6. The lowest BCUT2D eigenvalue weighted by atomic mass is 9.92. The van der Waals surface area contributed by atoms with Crippen LogP contribution in [0, 0.1) is 0 Å². The minimum Gasteiger partial charge on any atom is -0.278 e. The van der Waals surface area contributed by atoms with Crippen LogP contribution >= 0.6 is 0 Å². The first-order valence-corrected chi connectivity index (χ1v) is 8.07. The van der Waals surface area contributed by atoms with Crippen molar-refractivity contribution in [2.45, 2.75) is 0 Å². The van der Waals surface area contributed by atoms with E-state index in [1.165, 1.54) is 0 Å². The van der Waals surface area contributed by atoms with Gasteiger partial charge in [-0.3, -0.25) is 20.4 Å². The summed E-state index contributed by atoms with van der Waals surface area (Å²) in [6.07, 6.45) is 6.96. The molecule has 0 bridgehead atoms. The summed E-state index contributed by atoms with van der Waals surface area (Å²) in [5.74, 6) is 0. The van der Waals surface area contributed by atoms with E-state index in [9.17, 15) is 0 Å². The molecule has 5 rings (SSSR count). The van der Waals surface area contributed by atoms with E-state index >= 15 is 0 Å². The van der Waals surface area contributed by atoms with Crippen molar-refractivity contribution in [2.75, 3.05) is 0 Å². The number of aromatic amines is 4. The van der Waals surface area contributed by atoms with Gasteiger partial charge in [-0.2, -0.15) is 20.4 Å². The van der Waals surface area contributed by atoms with Crippen LogP contribution in [0.1, 0.15) is 0 Å². The molecule has 0 atom stereocenters. The molecule has 0 fully saturated rings. The van der Waals surface area contributed by atoms with Gasteiger partial charge in [-0.25, -0.2) is 0 Å². The van der Waals surface area contributed by atoms with Crippen molar-refractivity contribution < 1.29 is 0 Å². The Morgan fingerprint density at radius 1 is 0.423 bits per heavy atom. The molecular formula is C18H14N8. The molecule has 5 aromatic rings. The van der Waals surface area contributed by atoms with E-state index in [0.717, 1.165) is 45.0 Å². The summed E-state index contributed by atoms with van der Waals surface area (Å²) in [5, 5.41) is 28.6. The number of hydrogen-bond acceptors (Lipinski definition) is 4. The van der Waals surface area contributed by atoms with Gasteiger partial charge in [-0.15, -0.1) is 0 Å². The van der Waals surface area contributed by atoms with Crippen LogP contribution in [0.25, 0.3) is 45.0 Å². The molecule has 4 N–H and O–H groups in total. The van der Waals surface area contributed by atoms with Gasteiger partial charge in [0, 0.05) is 47.0 Å². The first-order chi connectivity index (χ1) is 12.9. The Morgan fingerprint density at radius 2 is 0.692 bits per heavy atom. The normalized spacial score (nSPS) is 11.1. The number of benzene rings is 1. The fourth-order valence-electron chi connectivity index (χ4n) is 3.11. The summed E-state index contributed by atoms with van der Waals surface area (Å²) < 4.78 is 0. The van der Waals surface area contributed by atoms with E-state index in [-0.39, 0.29) is 0 Å². The molecule has 0 aliphatic rings. The summed E-state index contributed by atoms with van der Waals surface area (Å²) in [6, 6.07) is 12.0. The van der Waals surface area contributed by atoms with E-state index in [1.54, 1.807) is 24.8 Å². The maximum atomic E-state index is 4.10. The third-order valence-electron chi connectivity index (χ3n) is 4.32. The second kappa shape index (κ2) is 5.85. The summed E-state index contributed by atoms with van der Waals surface area (Å²) in [4.78, 5) is 0. The van der Waals surface area contributed by atoms with Crippen LogP contribution < -0.4 is 0 Å². The van der Waals surface area contributed by atoms with Crippen LogP contribution in [-0.4, -0.2) is 40.8 Å². The van der Waals surface area contributed by atoms with E-state index < -0.39 is 0 Å². The van der Waals surface area contributed by atoms with E-state index in [4.69, 9.17) is 0 Å². The van der Waals surface area contributed by atoms with Crippen LogP contribution in [0.4, 0.5) is 0 Å². The van der Waals surface area contributed by atoms with Crippen molar-refractivity contribution in [3.63, 3.8) is 0 Å². The Labute approximate surface area is 147 Å². The Kier molecular flexibility index (Phi) is 3.24. The monoisotopic (exact) mass is 342 g/mol. The number of aromatic nitrogens is 8. The van der Waals surface area contributed by atoms with Gasteiger partial charge in [0.15, 0.2) is 0 Å². The smallest absolute Gasteiger partial charge is 0.0657 e. The lowest BCUT2D eigenvalue weighted by Gasteiger charge is -2.14. The zero-order chi connectivity index (χ0) is 17.3. The molecule has 0 radical (unpaired) electrons. The molecule has 126 valence electrons. The number of H-pyrrole nitrogens is 4. The molecule has 26 heavy (non-hydrogen) atoms. The lowest BCUT2D eigenvalue weighted by molar-refractivity contribution is 1.08. The molecule has 4 heterocycles. The highest BCUT2D eigenvalue weighted by Crippen LogP contribution is 2.39. The van der Waals surface area contributed by atoms with Crippen molar-refractivity contribution in [2.24, 2.45) is 0 Å². The van der Waals surface area contributed by atoms with Crippen molar-refractivity contribution in [1.29, 1.82) is 0 Å². The number of rotatable bonds is 4. The third-order valence-corrected chi connectivity index (χ3v) is 4.32. The molecular weight excluding hydrogens is 328 g/mol. The van der Waals surface area contributed by atoms with Gasteiger partial charge in [0.25, 0.3) is 0 Å². The van der Waals surface area contributed by atoms with Gasteiger partial charge < -0.3 is 0 Å². The maximum absolute atomic E-state index is 4.10. The minimum atomic E-state index is 0.923. The minimum absolute atomic E-state index is 0.923. The predicted molar refractivity (Wildman–Crippen MR) is 96.8 cm³/mol. The number of hydrogen-bond donors (Lipinski definition) is 4. The van der Waals surface area contributed by atoms with Crippen LogP contribution in [0.15, 0.2) is 61.2 Å². The fraction of sp³-hybridized carbons (Fsp3) is 0. The summed E-state index contributed by atoms with van der Waals surface area (Å²) in [5.41, 5.74) is 7.74. The van der Waals surface area contributed by atoms with E-state index in [0.29, 0.717) is 0 Å². The molecule has 0 saturated carbocycles. The van der Waals surface area contributed by atoms with Crippen molar-refractivity contribution >= 4 is 0 Å². The molecule has 1 aromatic carbocycles. The SMILES string of the molecule is c1cc(-c2cc(-c3ccn[nH]3)c(-c3ccn[nH]3)cc2-c2ccn[nH]2)[nH]n1. The molecule has 0 amide bonds. The summed E-state index contributed by atoms with van der Waals surface area (Å²) in [7, 11) is 0. The standard InChI is InChI=1S/C18H14N8/c1-5-19-23-15(1)11-9-13(17-3-7-21-25-17)14(18-4-8-22-26-18)10-12(11)16-2-6-20-24-16/h1-10H,(H,19,23)(H,20,24)(H,21,25)(H,22,26). The van der Waals surface area contributed by atoms with Gasteiger partial charge in [-0.1, -0.05) is 0 Å². The first kappa shape index (κ1) is 14.4. The lowest BCUT2D eigenvalue weighted by Crippen LogP contribution is -1.93. The van der Waals surface area contributed by atoms with E-state index in [2.05, 4.69) is 52.9 Å². The van der Waals surface area contributed by atoms with Crippen molar-refractivity contribution in [3.8, 4) is 45.0 Å².